The molecule has 2 rings (SSSR count). The highest BCUT2D eigenvalue weighted by Gasteiger charge is 2.21. The Morgan fingerprint density at radius 1 is 1.42 bits per heavy atom. The van der Waals surface area contributed by atoms with Crippen LogP contribution in [0.2, 0.25) is 0 Å². The minimum Gasteiger partial charge on any atom is -0.480 e. The van der Waals surface area contributed by atoms with Crippen LogP contribution >= 0.6 is 0 Å². The Morgan fingerprint density at radius 2 is 2.11 bits per heavy atom. The maximum atomic E-state index is 11.9. The number of likely N-dealkylation sites (N-methyl/N-ethyl adjacent to an activating group) is 1. The van der Waals surface area contributed by atoms with E-state index in [4.69, 9.17) is 5.11 Å². The van der Waals surface area contributed by atoms with Gasteiger partial charge >= 0.3 is 5.97 Å². The van der Waals surface area contributed by atoms with Crippen LogP contribution in [0.25, 0.3) is 10.9 Å². The summed E-state index contributed by atoms with van der Waals surface area (Å²) in [7, 11) is 1.48. The fraction of sp³-hybridized carbons (Fsp3) is 0.308. The van der Waals surface area contributed by atoms with Crippen molar-refractivity contribution in [2.24, 2.45) is 0 Å². The van der Waals surface area contributed by atoms with Gasteiger partial charge in [0.25, 0.3) is 0 Å². The molecule has 0 saturated heterocycles. The van der Waals surface area contributed by atoms with Gasteiger partial charge in [0.1, 0.15) is 12.6 Å². The Morgan fingerprint density at radius 3 is 2.74 bits per heavy atom. The van der Waals surface area contributed by atoms with Crippen molar-refractivity contribution in [3.63, 3.8) is 0 Å². The van der Waals surface area contributed by atoms with Crippen LogP contribution in [0.15, 0.2) is 30.5 Å². The molecule has 0 aliphatic heterocycles. The SMILES string of the molecule is CC(C(=O)O)N(C)C(=O)Cn1cc2ccccc2n1. The van der Waals surface area contributed by atoms with Crippen LogP contribution in [-0.4, -0.2) is 44.8 Å². The summed E-state index contributed by atoms with van der Waals surface area (Å²) < 4.78 is 1.53. The van der Waals surface area contributed by atoms with Crippen LogP contribution in [0.1, 0.15) is 6.92 Å². The summed E-state index contributed by atoms with van der Waals surface area (Å²) in [5.74, 6) is -1.32. The lowest BCUT2D eigenvalue weighted by atomic mass is 10.3. The highest BCUT2D eigenvalue weighted by Crippen LogP contribution is 2.11. The zero-order valence-corrected chi connectivity index (χ0v) is 10.8. The van der Waals surface area contributed by atoms with Gasteiger partial charge in [-0.15, -0.1) is 0 Å². The van der Waals surface area contributed by atoms with Crippen LogP contribution in [0.4, 0.5) is 0 Å². The predicted octanol–water partition coefficient (Wildman–Crippen LogP) is 0.968. The number of carboxylic acid groups (broad SMARTS) is 1. The molecule has 19 heavy (non-hydrogen) atoms. The van der Waals surface area contributed by atoms with Crippen LogP contribution in [0.5, 0.6) is 0 Å². The molecule has 2 aromatic rings. The number of carboxylic acids is 1. The van der Waals surface area contributed by atoms with E-state index in [1.807, 2.05) is 24.3 Å². The molecule has 0 aliphatic carbocycles. The zero-order chi connectivity index (χ0) is 14.0. The number of rotatable bonds is 4. The number of hydrogen-bond donors (Lipinski definition) is 1. The van der Waals surface area contributed by atoms with E-state index in [-0.39, 0.29) is 12.5 Å². The molecule has 1 atom stereocenters. The van der Waals surface area contributed by atoms with Gasteiger partial charge in [-0.25, -0.2) is 4.79 Å². The first-order valence-electron chi connectivity index (χ1n) is 5.89. The third-order valence-electron chi connectivity index (χ3n) is 3.09. The van der Waals surface area contributed by atoms with Gasteiger partial charge in [-0.2, -0.15) is 5.10 Å². The van der Waals surface area contributed by atoms with E-state index in [0.717, 1.165) is 10.9 Å². The summed E-state index contributed by atoms with van der Waals surface area (Å²) >= 11 is 0. The molecule has 0 bridgehead atoms. The summed E-state index contributed by atoms with van der Waals surface area (Å²) in [6.45, 7) is 1.50. The van der Waals surface area contributed by atoms with Crippen molar-refractivity contribution in [2.45, 2.75) is 19.5 Å². The van der Waals surface area contributed by atoms with Crippen molar-refractivity contribution < 1.29 is 14.7 Å². The standard InChI is InChI=1S/C13H15N3O3/c1-9(13(18)19)15(2)12(17)8-16-7-10-5-3-4-6-11(10)14-16/h3-7,9H,8H2,1-2H3,(H,18,19). The van der Waals surface area contributed by atoms with Gasteiger partial charge in [0.15, 0.2) is 0 Å². The number of aromatic nitrogens is 2. The van der Waals surface area contributed by atoms with Gasteiger partial charge in [0.2, 0.25) is 5.91 Å². The normalized spacial score (nSPS) is 12.3. The van der Waals surface area contributed by atoms with E-state index in [1.165, 1.54) is 23.6 Å². The quantitative estimate of drug-likeness (QED) is 0.889. The van der Waals surface area contributed by atoms with Crippen molar-refractivity contribution >= 4 is 22.8 Å². The molecule has 1 heterocycles. The van der Waals surface area contributed by atoms with E-state index in [9.17, 15) is 9.59 Å². The smallest absolute Gasteiger partial charge is 0.326 e. The molecule has 0 aliphatic rings. The molecule has 1 N–H and O–H groups in total. The van der Waals surface area contributed by atoms with Gasteiger partial charge in [-0.1, -0.05) is 18.2 Å². The Kier molecular flexibility index (Phi) is 3.50. The first-order chi connectivity index (χ1) is 8.99. The molecule has 1 amide bonds. The molecular formula is C13H15N3O3. The molecule has 1 aromatic carbocycles. The molecule has 0 fully saturated rings. The van der Waals surface area contributed by atoms with Gasteiger partial charge in [0, 0.05) is 18.6 Å². The number of amides is 1. The first kappa shape index (κ1) is 13.1. The summed E-state index contributed by atoms with van der Waals surface area (Å²) in [4.78, 5) is 24.0. The second-order valence-corrected chi connectivity index (χ2v) is 4.40. The summed E-state index contributed by atoms with van der Waals surface area (Å²) in [5.41, 5.74) is 0.809. The van der Waals surface area contributed by atoms with Gasteiger partial charge in [0.05, 0.1) is 5.52 Å². The van der Waals surface area contributed by atoms with Crippen LogP contribution in [0, 0.1) is 0 Å². The molecule has 1 aromatic heterocycles. The largest absolute Gasteiger partial charge is 0.480 e. The molecule has 0 saturated carbocycles. The molecular weight excluding hydrogens is 246 g/mol. The summed E-state index contributed by atoms with van der Waals surface area (Å²) in [6, 6.07) is 6.69. The fourth-order valence-corrected chi connectivity index (χ4v) is 1.73. The third kappa shape index (κ3) is 2.73. The Labute approximate surface area is 110 Å². The zero-order valence-electron chi connectivity index (χ0n) is 10.8. The second kappa shape index (κ2) is 5.09. The van der Waals surface area contributed by atoms with E-state index in [2.05, 4.69) is 5.10 Å². The van der Waals surface area contributed by atoms with Crippen molar-refractivity contribution in [1.29, 1.82) is 0 Å². The van der Waals surface area contributed by atoms with Gasteiger partial charge in [-0.3, -0.25) is 9.48 Å². The number of nitrogens with zero attached hydrogens (tertiary/aromatic N) is 3. The van der Waals surface area contributed by atoms with Crippen molar-refractivity contribution in [2.75, 3.05) is 7.05 Å². The lowest BCUT2D eigenvalue weighted by Gasteiger charge is -2.21. The number of hydrogen-bond acceptors (Lipinski definition) is 3. The molecule has 100 valence electrons. The highest BCUT2D eigenvalue weighted by molar-refractivity contribution is 5.83. The van der Waals surface area contributed by atoms with Crippen LogP contribution in [-0.2, 0) is 16.1 Å². The van der Waals surface area contributed by atoms with Gasteiger partial charge < -0.3 is 10.0 Å². The highest BCUT2D eigenvalue weighted by atomic mass is 16.4. The van der Waals surface area contributed by atoms with Crippen molar-refractivity contribution in [3.05, 3.63) is 30.5 Å². The maximum absolute atomic E-state index is 11.9. The second-order valence-electron chi connectivity index (χ2n) is 4.40. The van der Waals surface area contributed by atoms with E-state index in [0.29, 0.717) is 0 Å². The molecule has 1 unspecified atom stereocenters. The number of carbonyl (C=O) groups is 2. The minimum absolute atomic E-state index is 0.0306. The van der Waals surface area contributed by atoms with E-state index >= 15 is 0 Å². The molecule has 0 spiro atoms. The molecule has 0 radical (unpaired) electrons. The third-order valence-corrected chi connectivity index (χ3v) is 3.09. The average molecular weight is 261 g/mol. The number of aliphatic carboxylic acids is 1. The van der Waals surface area contributed by atoms with Crippen LogP contribution in [0.3, 0.4) is 0 Å². The Hall–Kier alpha value is -2.37. The van der Waals surface area contributed by atoms with E-state index < -0.39 is 12.0 Å². The number of benzene rings is 1. The number of carbonyl (C=O) groups excluding carboxylic acids is 1. The first-order valence-corrected chi connectivity index (χ1v) is 5.89. The lowest BCUT2D eigenvalue weighted by Crippen LogP contribution is -2.41. The topological polar surface area (TPSA) is 75.4 Å². The summed E-state index contributed by atoms with van der Waals surface area (Å²) in [5, 5.41) is 14.1. The lowest BCUT2D eigenvalue weighted by molar-refractivity contribution is -0.148. The van der Waals surface area contributed by atoms with Crippen molar-refractivity contribution in [1.82, 2.24) is 14.7 Å². The minimum atomic E-state index is -1.03. The molecule has 6 heteroatoms. The van der Waals surface area contributed by atoms with Gasteiger partial charge in [-0.05, 0) is 13.0 Å². The Bertz CT molecular complexity index is 587. The number of fused-ring (bicyclic) bond motifs is 1. The van der Waals surface area contributed by atoms with Crippen molar-refractivity contribution in [3.8, 4) is 0 Å². The average Bonchev–Trinajstić information content (AvgIpc) is 2.78. The predicted molar refractivity (Wildman–Crippen MR) is 69.6 cm³/mol. The monoisotopic (exact) mass is 261 g/mol. The summed E-state index contributed by atoms with van der Waals surface area (Å²) in [6.07, 6.45) is 1.77. The Balaban J connectivity index is 2.12. The van der Waals surface area contributed by atoms with Crippen LogP contribution < -0.4 is 0 Å². The van der Waals surface area contributed by atoms with E-state index in [1.54, 1.807) is 6.20 Å². The molecule has 6 nitrogen and oxygen atoms in total. The maximum Gasteiger partial charge on any atom is 0.326 e. The fourth-order valence-electron chi connectivity index (χ4n) is 1.73.